The summed E-state index contributed by atoms with van der Waals surface area (Å²) in [6, 6.07) is 6.79. The fraction of sp³-hybridized carbons (Fsp3) is 0.476. The number of aliphatic imine (C=N–C) groups is 1. The van der Waals surface area contributed by atoms with E-state index in [-0.39, 0.29) is 25.5 Å². The summed E-state index contributed by atoms with van der Waals surface area (Å²) < 4.78 is 5.11. The van der Waals surface area contributed by atoms with Crippen LogP contribution < -0.4 is 27.4 Å². The molecule has 0 unspecified atom stereocenters. The summed E-state index contributed by atoms with van der Waals surface area (Å²) in [5, 5.41) is 16.6. The molecule has 1 rings (SSSR count). The van der Waals surface area contributed by atoms with E-state index in [2.05, 4.69) is 20.9 Å². The summed E-state index contributed by atoms with van der Waals surface area (Å²) in [4.78, 5) is 52.2. The Balaban J connectivity index is 2.55. The van der Waals surface area contributed by atoms with Crippen molar-refractivity contribution in [2.75, 3.05) is 6.54 Å². The molecule has 2 atom stereocenters. The standard InChI is InChI=1S/C21H32N6O6/c1-13(16(28)26-15(17(29)30)10-7-11-24-19(22)23)25-18(31)21(2,3)27-20(32)33-12-14-8-5-4-6-9-14/h4-6,8-9,13,15H,7,10-12H2,1-3H3,(H,25,31)(H,26,28)(H,27,32)(H,29,30)(H4,22,23,24)/t13-,15-/m0/s1. The van der Waals surface area contributed by atoms with Gasteiger partial charge < -0.3 is 37.3 Å². The molecule has 0 saturated heterocycles. The molecule has 0 saturated carbocycles. The highest BCUT2D eigenvalue weighted by atomic mass is 16.5. The number of carbonyl (C=O) groups is 4. The first-order valence-corrected chi connectivity index (χ1v) is 10.3. The summed E-state index contributed by atoms with van der Waals surface area (Å²) in [7, 11) is 0. The number of aliphatic carboxylic acids is 1. The molecule has 0 aromatic heterocycles. The summed E-state index contributed by atoms with van der Waals surface area (Å²) in [6.07, 6.45) is -0.376. The van der Waals surface area contributed by atoms with E-state index in [1.807, 2.05) is 6.07 Å². The molecule has 33 heavy (non-hydrogen) atoms. The lowest BCUT2D eigenvalue weighted by Crippen LogP contribution is -2.59. The average Bonchev–Trinajstić information content (AvgIpc) is 2.74. The maximum absolute atomic E-state index is 12.6. The third kappa shape index (κ3) is 10.4. The van der Waals surface area contributed by atoms with E-state index in [0.717, 1.165) is 5.56 Å². The number of nitrogens with zero attached hydrogens (tertiary/aromatic N) is 1. The number of amides is 3. The third-order valence-corrected chi connectivity index (χ3v) is 4.50. The second-order valence-electron chi connectivity index (χ2n) is 7.86. The molecule has 182 valence electrons. The Labute approximate surface area is 192 Å². The van der Waals surface area contributed by atoms with Gasteiger partial charge in [-0.2, -0.15) is 0 Å². The number of ether oxygens (including phenoxy) is 1. The van der Waals surface area contributed by atoms with Gasteiger partial charge in [0.25, 0.3) is 0 Å². The predicted molar refractivity (Wildman–Crippen MR) is 121 cm³/mol. The highest BCUT2D eigenvalue weighted by Crippen LogP contribution is 2.06. The number of hydrogen-bond acceptors (Lipinski definition) is 6. The molecule has 0 bridgehead atoms. The van der Waals surface area contributed by atoms with E-state index < -0.39 is 41.5 Å². The first-order chi connectivity index (χ1) is 15.4. The Morgan fingerprint density at radius 1 is 1.12 bits per heavy atom. The fourth-order valence-corrected chi connectivity index (χ4v) is 2.57. The van der Waals surface area contributed by atoms with Gasteiger partial charge in [-0.1, -0.05) is 30.3 Å². The Morgan fingerprint density at radius 3 is 2.33 bits per heavy atom. The average molecular weight is 465 g/mol. The molecule has 12 nitrogen and oxygen atoms in total. The first kappa shape index (κ1) is 27.2. The van der Waals surface area contributed by atoms with Gasteiger partial charge in [-0.15, -0.1) is 0 Å². The van der Waals surface area contributed by atoms with Crippen LogP contribution in [0.1, 0.15) is 39.2 Å². The number of nitrogens with one attached hydrogen (secondary N) is 3. The van der Waals surface area contributed by atoms with Gasteiger partial charge in [0.1, 0.15) is 24.2 Å². The third-order valence-electron chi connectivity index (χ3n) is 4.50. The molecule has 1 aromatic carbocycles. The Hall–Kier alpha value is -3.83. The molecule has 12 heteroatoms. The van der Waals surface area contributed by atoms with Gasteiger partial charge in [-0.05, 0) is 39.2 Å². The van der Waals surface area contributed by atoms with Crippen LogP contribution in [0.5, 0.6) is 0 Å². The minimum atomic E-state index is -1.39. The van der Waals surface area contributed by atoms with Crippen molar-refractivity contribution in [2.45, 2.75) is 57.8 Å². The fourth-order valence-electron chi connectivity index (χ4n) is 2.57. The van der Waals surface area contributed by atoms with Gasteiger partial charge in [0.05, 0.1) is 0 Å². The van der Waals surface area contributed by atoms with Crippen molar-refractivity contribution in [1.29, 1.82) is 0 Å². The largest absolute Gasteiger partial charge is 0.480 e. The van der Waals surface area contributed by atoms with E-state index in [1.165, 1.54) is 20.8 Å². The zero-order valence-corrected chi connectivity index (χ0v) is 19.0. The van der Waals surface area contributed by atoms with E-state index in [4.69, 9.17) is 16.2 Å². The summed E-state index contributed by atoms with van der Waals surface area (Å²) in [5.41, 5.74) is 9.81. The van der Waals surface area contributed by atoms with Crippen molar-refractivity contribution in [3.63, 3.8) is 0 Å². The number of carbonyl (C=O) groups excluding carboxylic acids is 3. The van der Waals surface area contributed by atoms with Crippen LogP contribution in [0, 0.1) is 0 Å². The minimum absolute atomic E-state index is 0.0307. The van der Waals surface area contributed by atoms with Crippen LogP contribution in [0.2, 0.25) is 0 Å². The molecular weight excluding hydrogens is 432 g/mol. The SMILES string of the molecule is C[C@H](NC(=O)C(C)(C)NC(=O)OCc1ccccc1)C(=O)N[C@@H](CCCN=C(N)N)C(=O)O. The monoisotopic (exact) mass is 464 g/mol. The van der Waals surface area contributed by atoms with Gasteiger partial charge in [0.2, 0.25) is 11.8 Å². The molecule has 0 aliphatic heterocycles. The van der Waals surface area contributed by atoms with Gasteiger partial charge in [-0.3, -0.25) is 14.6 Å². The first-order valence-electron chi connectivity index (χ1n) is 10.3. The minimum Gasteiger partial charge on any atom is -0.480 e. The van der Waals surface area contributed by atoms with Gasteiger partial charge in [0.15, 0.2) is 5.96 Å². The predicted octanol–water partition coefficient (Wildman–Crippen LogP) is -0.181. The van der Waals surface area contributed by atoms with Crippen LogP contribution in [0.4, 0.5) is 4.79 Å². The van der Waals surface area contributed by atoms with E-state index >= 15 is 0 Å². The lowest BCUT2D eigenvalue weighted by atomic mass is 10.0. The normalized spacial score (nSPS) is 12.6. The van der Waals surface area contributed by atoms with Gasteiger partial charge in [0, 0.05) is 6.54 Å². The molecule has 0 aliphatic rings. The zero-order chi connectivity index (χ0) is 25.0. The van der Waals surface area contributed by atoms with Crippen molar-refractivity contribution >= 4 is 29.8 Å². The molecule has 8 N–H and O–H groups in total. The zero-order valence-electron chi connectivity index (χ0n) is 19.0. The maximum atomic E-state index is 12.6. The van der Waals surface area contributed by atoms with E-state index in [1.54, 1.807) is 24.3 Å². The summed E-state index contributed by atoms with van der Waals surface area (Å²) in [5.74, 6) is -2.68. The number of carboxylic acid groups (broad SMARTS) is 1. The Morgan fingerprint density at radius 2 is 1.76 bits per heavy atom. The molecule has 0 spiro atoms. The van der Waals surface area contributed by atoms with Gasteiger partial charge >= 0.3 is 12.1 Å². The molecular formula is C21H32N6O6. The number of hydrogen-bond donors (Lipinski definition) is 6. The van der Waals surface area contributed by atoms with E-state index in [0.29, 0.717) is 6.42 Å². The number of alkyl carbamates (subject to hydrolysis) is 1. The maximum Gasteiger partial charge on any atom is 0.408 e. The van der Waals surface area contributed by atoms with Crippen LogP contribution in [0.15, 0.2) is 35.3 Å². The smallest absolute Gasteiger partial charge is 0.408 e. The van der Waals surface area contributed by atoms with Crippen LogP contribution in [-0.2, 0) is 25.7 Å². The number of guanidine groups is 1. The highest BCUT2D eigenvalue weighted by Gasteiger charge is 2.33. The molecule has 0 fully saturated rings. The molecule has 3 amide bonds. The quantitative estimate of drug-likeness (QED) is 0.139. The summed E-state index contributed by atoms with van der Waals surface area (Å²) in [6.45, 7) is 4.54. The lowest BCUT2D eigenvalue weighted by molar-refractivity contribution is -0.142. The highest BCUT2D eigenvalue weighted by molar-refractivity contribution is 5.94. The van der Waals surface area contributed by atoms with Crippen molar-refractivity contribution < 1.29 is 29.0 Å². The van der Waals surface area contributed by atoms with Crippen molar-refractivity contribution in [2.24, 2.45) is 16.5 Å². The lowest BCUT2D eigenvalue weighted by Gasteiger charge is -2.27. The van der Waals surface area contributed by atoms with Crippen molar-refractivity contribution in [1.82, 2.24) is 16.0 Å². The van der Waals surface area contributed by atoms with Crippen LogP contribution in [0.3, 0.4) is 0 Å². The molecule has 0 radical (unpaired) electrons. The van der Waals surface area contributed by atoms with Gasteiger partial charge in [-0.25, -0.2) is 9.59 Å². The van der Waals surface area contributed by atoms with Crippen molar-refractivity contribution in [3.8, 4) is 0 Å². The number of carboxylic acids is 1. The number of rotatable bonds is 12. The van der Waals surface area contributed by atoms with Crippen molar-refractivity contribution in [3.05, 3.63) is 35.9 Å². The van der Waals surface area contributed by atoms with Crippen LogP contribution >= 0.6 is 0 Å². The van der Waals surface area contributed by atoms with Crippen LogP contribution in [0.25, 0.3) is 0 Å². The number of nitrogens with two attached hydrogens (primary N) is 2. The Kier molecular flexibility index (Phi) is 10.6. The molecule has 1 aromatic rings. The second kappa shape index (κ2) is 12.9. The van der Waals surface area contributed by atoms with E-state index in [9.17, 15) is 24.3 Å². The van der Waals surface area contributed by atoms with Crippen LogP contribution in [-0.4, -0.2) is 59.1 Å². The number of benzene rings is 1. The molecule has 0 aliphatic carbocycles. The second-order valence-corrected chi connectivity index (χ2v) is 7.86. The topological polar surface area (TPSA) is 198 Å². The Bertz CT molecular complexity index is 854. The molecule has 0 heterocycles. The summed E-state index contributed by atoms with van der Waals surface area (Å²) >= 11 is 0.